The van der Waals surface area contributed by atoms with E-state index in [4.69, 9.17) is 4.52 Å². The molecule has 10 heteroatoms. The molecule has 0 atom stereocenters. The second kappa shape index (κ2) is 8.38. The normalized spacial score (nSPS) is 14.0. The van der Waals surface area contributed by atoms with Crippen molar-refractivity contribution in [3.8, 4) is 11.5 Å². The molecule has 168 valence electrons. The van der Waals surface area contributed by atoms with Gasteiger partial charge < -0.3 is 18.9 Å². The molecular weight excluding hydrogens is 427 g/mol. The van der Waals surface area contributed by atoms with Gasteiger partial charge in [0.05, 0.1) is 17.6 Å². The van der Waals surface area contributed by atoms with Gasteiger partial charge >= 0.3 is 0 Å². The van der Waals surface area contributed by atoms with Crippen LogP contribution in [0.3, 0.4) is 0 Å². The molecular formula is C23H21FN6O3. The second-order valence-electron chi connectivity index (χ2n) is 7.78. The van der Waals surface area contributed by atoms with Gasteiger partial charge in [-0.15, -0.1) is 0 Å². The van der Waals surface area contributed by atoms with Gasteiger partial charge in [0.15, 0.2) is 5.82 Å². The lowest BCUT2D eigenvalue weighted by atomic mass is 10.2. The van der Waals surface area contributed by atoms with Crippen molar-refractivity contribution >= 4 is 11.8 Å². The molecule has 1 aromatic carbocycles. The summed E-state index contributed by atoms with van der Waals surface area (Å²) in [4.78, 5) is 29.4. The molecule has 0 saturated carbocycles. The van der Waals surface area contributed by atoms with Gasteiger partial charge in [0.2, 0.25) is 5.76 Å². The lowest BCUT2D eigenvalue weighted by Crippen LogP contribution is -2.50. The molecule has 1 fully saturated rings. The fourth-order valence-electron chi connectivity index (χ4n) is 3.89. The summed E-state index contributed by atoms with van der Waals surface area (Å²) in [5, 5.41) is 8.18. The molecule has 33 heavy (non-hydrogen) atoms. The molecule has 3 aromatic heterocycles. The maximum Gasteiger partial charge on any atom is 0.292 e. The number of rotatable bonds is 4. The molecule has 1 saturated heterocycles. The zero-order chi connectivity index (χ0) is 22.9. The maximum atomic E-state index is 13.4. The summed E-state index contributed by atoms with van der Waals surface area (Å²) >= 11 is 0. The number of nitrogens with zero attached hydrogens (tertiary/aromatic N) is 6. The van der Waals surface area contributed by atoms with Crippen LogP contribution in [0.25, 0.3) is 11.5 Å². The lowest BCUT2D eigenvalue weighted by molar-refractivity contribution is 0.0512. The summed E-state index contributed by atoms with van der Waals surface area (Å²) in [5.41, 5.74) is 1.70. The third-order valence-electron chi connectivity index (χ3n) is 5.59. The summed E-state index contributed by atoms with van der Waals surface area (Å²) in [6, 6.07) is 11.2. The first-order valence-corrected chi connectivity index (χ1v) is 10.5. The van der Waals surface area contributed by atoms with E-state index in [0.29, 0.717) is 48.9 Å². The number of hydrogen-bond donors (Lipinski definition) is 0. The largest absolute Gasteiger partial charge is 0.351 e. The Balaban J connectivity index is 1.38. The molecule has 0 unspecified atom stereocenters. The van der Waals surface area contributed by atoms with Gasteiger partial charge in [-0.25, -0.2) is 9.07 Å². The van der Waals surface area contributed by atoms with E-state index in [1.54, 1.807) is 44.2 Å². The number of carbonyl (C=O) groups excluding carboxylic acids is 2. The predicted molar refractivity (Wildman–Crippen MR) is 116 cm³/mol. The highest BCUT2D eigenvalue weighted by molar-refractivity contribution is 5.97. The molecule has 4 aromatic rings. The zero-order valence-electron chi connectivity index (χ0n) is 17.9. The molecule has 4 heterocycles. The van der Waals surface area contributed by atoms with E-state index < -0.39 is 0 Å². The van der Waals surface area contributed by atoms with E-state index in [-0.39, 0.29) is 23.4 Å². The Morgan fingerprint density at radius 3 is 2.21 bits per heavy atom. The van der Waals surface area contributed by atoms with Crippen molar-refractivity contribution in [1.82, 2.24) is 29.3 Å². The Morgan fingerprint density at radius 2 is 1.61 bits per heavy atom. The standard InChI is InChI=1S/C23H21FN6O3/c1-16-14-20(33-26-16)23(32)29-12-10-28(11-13-29)22(31)19-15-25-30(18-6-4-17(24)5-7-18)21(19)27-8-2-3-9-27/h2-9,14-15H,10-13H2,1H3. The minimum Gasteiger partial charge on any atom is -0.351 e. The van der Waals surface area contributed by atoms with Crippen molar-refractivity contribution < 1.29 is 18.5 Å². The summed E-state index contributed by atoms with van der Waals surface area (Å²) in [5.74, 6) is -0.0119. The predicted octanol–water partition coefficient (Wildman–Crippen LogP) is 2.70. The molecule has 5 rings (SSSR count). The molecule has 0 radical (unpaired) electrons. The van der Waals surface area contributed by atoms with Crippen molar-refractivity contribution in [3.05, 3.63) is 83.9 Å². The molecule has 2 amide bonds. The Morgan fingerprint density at radius 1 is 0.970 bits per heavy atom. The van der Waals surface area contributed by atoms with Crippen molar-refractivity contribution in [2.24, 2.45) is 0 Å². The van der Waals surface area contributed by atoms with Crippen molar-refractivity contribution in [1.29, 1.82) is 0 Å². The number of aromatic nitrogens is 4. The first-order chi connectivity index (χ1) is 16.0. The fraction of sp³-hybridized carbons (Fsp3) is 0.217. The molecule has 1 aliphatic heterocycles. The highest BCUT2D eigenvalue weighted by atomic mass is 19.1. The van der Waals surface area contributed by atoms with Crippen molar-refractivity contribution in [2.45, 2.75) is 6.92 Å². The quantitative estimate of drug-likeness (QED) is 0.479. The fourth-order valence-corrected chi connectivity index (χ4v) is 3.89. The molecule has 0 spiro atoms. The number of hydrogen-bond acceptors (Lipinski definition) is 5. The SMILES string of the molecule is Cc1cc(C(=O)N2CCN(C(=O)c3cnn(-c4ccc(F)cc4)c3-n3cccc3)CC2)on1. The highest BCUT2D eigenvalue weighted by Crippen LogP contribution is 2.22. The number of carbonyl (C=O) groups is 2. The Bertz CT molecular complexity index is 1280. The topological polar surface area (TPSA) is 89.4 Å². The highest BCUT2D eigenvalue weighted by Gasteiger charge is 2.30. The van der Waals surface area contributed by atoms with Crippen molar-refractivity contribution in [2.75, 3.05) is 26.2 Å². The molecule has 0 aliphatic carbocycles. The van der Waals surface area contributed by atoms with Gasteiger partial charge in [-0.1, -0.05) is 5.16 Å². The summed E-state index contributed by atoms with van der Waals surface area (Å²) in [6.45, 7) is 3.28. The van der Waals surface area contributed by atoms with Crippen LogP contribution in [0.2, 0.25) is 0 Å². The summed E-state index contributed by atoms with van der Waals surface area (Å²) < 4.78 is 21.9. The maximum absolute atomic E-state index is 13.4. The summed E-state index contributed by atoms with van der Waals surface area (Å²) in [6.07, 6.45) is 5.17. The average Bonchev–Trinajstić information content (AvgIpc) is 3.59. The van der Waals surface area contributed by atoms with Crippen LogP contribution in [-0.4, -0.2) is 67.3 Å². The first kappa shape index (κ1) is 20.7. The van der Waals surface area contributed by atoms with E-state index in [2.05, 4.69) is 10.3 Å². The van der Waals surface area contributed by atoms with Crippen LogP contribution >= 0.6 is 0 Å². The molecule has 9 nitrogen and oxygen atoms in total. The van der Waals surface area contributed by atoms with Crippen LogP contribution in [-0.2, 0) is 0 Å². The number of aryl methyl sites for hydroxylation is 1. The van der Waals surface area contributed by atoms with Gasteiger partial charge in [0.1, 0.15) is 11.4 Å². The zero-order valence-corrected chi connectivity index (χ0v) is 17.9. The van der Waals surface area contributed by atoms with E-state index in [0.717, 1.165) is 0 Å². The number of amides is 2. The van der Waals surface area contributed by atoms with Crippen molar-refractivity contribution in [3.63, 3.8) is 0 Å². The number of piperazine rings is 1. The van der Waals surface area contributed by atoms with Crippen LogP contribution in [0, 0.1) is 12.7 Å². The molecule has 1 aliphatic rings. The van der Waals surface area contributed by atoms with Gasteiger partial charge in [-0.05, 0) is 43.3 Å². The average molecular weight is 448 g/mol. The van der Waals surface area contributed by atoms with E-state index in [1.807, 2.05) is 24.5 Å². The second-order valence-corrected chi connectivity index (χ2v) is 7.78. The van der Waals surface area contributed by atoms with Crippen LogP contribution in [0.5, 0.6) is 0 Å². The molecule has 0 N–H and O–H groups in total. The van der Waals surface area contributed by atoms with Gasteiger partial charge in [0.25, 0.3) is 11.8 Å². The van der Waals surface area contributed by atoms with Crippen LogP contribution < -0.4 is 0 Å². The number of halogens is 1. The lowest BCUT2D eigenvalue weighted by Gasteiger charge is -2.34. The first-order valence-electron chi connectivity index (χ1n) is 10.5. The van der Waals surface area contributed by atoms with E-state index in [1.165, 1.54) is 18.3 Å². The third kappa shape index (κ3) is 3.91. The Kier molecular flexibility index (Phi) is 5.25. The molecule has 0 bridgehead atoms. The Labute approximate surface area is 188 Å². The van der Waals surface area contributed by atoms with E-state index in [9.17, 15) is 14.0 Å². The van der Waals surface area contributed by atoms with Crippen LogP contribution in [0.15, 0.2) is 65.6 Å². The Hall–Kier alpha value is -4.21. The van der Waals surface area contributed by atoms with Crippen LogP contribution in [0.4, 0.5) is 4.39 Å². The third-order valence-corrected chi connectivity index (χ3v) is 5.59. The number of benzene rings is 1. The summed E-state index contributed by atoms with van der Waals surface area (Å²) in [7, 11) is 0. The minimum absolute atomic E-state index is 0.185. The monoisotopic (exact) mass is 448 g/mol. The van der Waals surface area contributed by atoms with Gasteiger partial charge in [-0.2, -0.15) is 5.10 Å². The van der Waals surface area contributed by atoms with Gasteiger partial charge in [0, 0.05) is 44.6 Å². The van der Waals surface area contributed by atoms with Gasteiger partial charge in [-0.3, -0.25) is 9.59 Å². The van der Waals surface area contributed by atoms with E-state index >= 15 is 0 Å². The van der Waals surface area contributed by atoms with Crippen LogP contribution in [0.1, 0.15) is 26.6 Å². The smallest absolute Gasteiger partial charge is 0.292 e. The minimum atomic E-state index is -0.349.